The number of halogens is 3. The SMILES string of the molecule is CC(C)CN(CCC(F)(F)F)C(C)C. The minimum absolute atomic E-state index is 0.110. The first-order valence-electron chi connectivity index (χ1n) is 5.03. The summed E-state index contributed by atoms with van der Waals surface area (Å²) in [5.74, 6) is 0.408. The minimum atomic E-state index is -4.04. The number of alkyl halides is 3. The Morgan fingerprint density at radius 2 is 1.57 bits per heavy atom. The summed E-state index contributed by atoms with van der Waals surface area (Å²) in [6.45, 7) is 8.73. The van der Waals surface area contributed by atoms with Gasteiger partial charge in [0.2, 0.25) is 0 Å². The van der Waals surface area contributed by atoms with Gasteiger partial charge in [-0.15, -0.1) is 0 Å². The van der Waals surface area contributed by atoms with Crippen LogP contribution in [-0.4, -0.2) is 30.2 Å². The molecule has 0 amide bonds. The average molecular weight is 211 g/mol. The van der Waals surface area contributed by atoms with Gasteiger partial charge < -0.3 is 4.90 Å². The minimum Gasteiger partial charge on any atom is -0.300 e. The highest BCUT2D eigenvalue weighted by Gasteiger charge is 2.28. The van der Waals surface area contributed by atoms with Crippen LogP contribution < -0.4 is 0 Å². The van der Waals surface area contributed by atoms with Crippen LogP contribution in [0.2, 0.25) is 0 Å². The number of hydrogen-bond donors (Lipinski definition) is 0. The van der Waals surface area contributed by atoms with Crippen LogP contribution in [0.1, 0.15) is 34.1 Å². The van der Waals surface area contributed by atoms with Crippen molar-refractivity contribution in [3.05, 3.63) is 0 Å². The van der Waals surface area contributed by atoms with E-state index in [4.69, 9.17) is 0 Å². The van der Waals surface area contributed by atoms with E-state index in [-0.39, 0.29) is 12.6 Å². The van der Waals surface area contributed by atoms with Crippen molar-refractivity contribution in [2.24, 2.45) is 5.92 Å². The molecule has 0 saturated heterocycles. The van der Waals surface area contributed by atoms with Crippen molar-refractivity contribution in [1.82, 2.24) is 4.90 Å². The molecule has 0 unspecified atom stereocenters. The maximum absolute atomic E-state index is 12.0. The van der Waals surface area contributed by atoms with Gasteiger partial charge in [0.1, 0.15) is 0 Å². The first kappa shape index (κ1) is 13.8. The van der Waals surface area contributed by atoms with Crippen molar-refractivity contribution in [2.45, 2.75) is 46.3 Å². The molecule has 0 rings (SSSR count). The van der Waals surface area contributed by atoms with Gasteiger partial charge >= 0.3 is 6.18 Å². The van der Waals surface area contributed by atoms with Crippen molar-refractivity contribution in [2.75, 3.05) is 13.1 Å². The lowest BCUT2D eigenvalue weighted by Gasteiger charge is -2.28. The third kappa shape index (κ3) is 7.18. The van der Waals surface area contributed by atoms with Gasteiger partial charge in [0, 0.05) is 19.1 Å². The standard InChI is InChI=1S/C10H20F3N/c1-8(2)7-14(9(3)4)6-5-10(11,12)13/h8-9H,5-7H2,1-4H3. The average Bonchev–Trinajstić information content (AvgIpc) is 1.94. The molecule has 4 heteroatoms. The topological polar surface area (TPSA) is 3.24 Å². The molecule has 0 aromatic rings. The van der Waals surface area contributed by atoms with Crippen LogP contribution in [0.5, 0.6) is 0 Å². The molecule has 0 atom stereocenters. The zero-order valence-electron chi connectivity index (χ0n) is 9.36. The van der Waals surface area contributed by atoms with E-state index < -0.39 is 12.6 Å². The molecular weight excluding hydrogens is 191 g/mol. The molecule has 0 spiro atoms. The highest BCUT2D eigenvalue weighted by molar-refractivity contribution is 4.66. The summed E-state index contributed by atoms with van der Waals surface area (Å²) in [4.78, 5) is 1.87. The molecule has 0 N–H and O–H groups in total. The third-order valence-electron chi connectivity index (χ3n) is 2.01. The Bertz CT molecular complexity index is 152. The molecule has 0 fully saturated rings. The molecule has 0 saturated carbocycles. The fourth-order valence-electron chi connectivity index (χ4n) is 1.30. The van der Waals surface area contributed by atoms with Gasteiger partial charge in [-0.25, -0.2) is 0 Å². The Kier molecular flexibility index (Phi) is 5.49. The molecular formula is C10H20F3N. The van der Waals surface area contributed by atoms with Crippen LogP contribution in [0.25, 0.3) is 0 Å². The lowest BCUT2D eigenvalue weighted by Crippen LogP contribution is -2.36. The fraction of sp³-hybridized carbons (Fsp3) is 1.00. The summed E-state index contributed by atoms with van der Waals surface area (Å²) >= 11 is 0. The van der Waals surface area contributed by atoms with Crippen LogP contribution in [0, 0.1) is 5.92 Å². The highest BCUT2D eigenvalue weighted by Crippen LogP contribution is 2.20. The van der Waals surface area contributed by atoms with Crippen LogP contribution in [-0.2, 0) is 0 Å². The van der Waals surface area contributed by atoms with E-state index in [2.05, 4.69) is 0 Å². The van der Waals surface area contributed by atoms with E-state index in [0.717, 1.165) is 6.54 Å². The van der Waals surface area contributed by atoms with Gasteiger partial charge in [-0.1, -0.05) is 13.8 Å². The molecule has 0 aliphatic heterocycles. The summed E-state index contributed by atoms with van der Waals surface area (Å²) in [5, 5.41) is 0. The normalized spacial score (nSPS) is 13.3. The second kappa shape index (κ2) is 5.59. The van der Waals surface area contributed by atoms with E-state index in [9.17, 15) is 13.2 Å². The molecule has 0 heterocycles. The van der Waals surface area contributed by atoms with Crippen molar-refractivity contribution < 1.29 is 13.2 Å². The summed E-state index contributed by atoms with van der Waals surface area (Å²) < 4.78 is 36.0. The molecule has 14 heavy (non-hydrogen) atoms. The predicted molar refractivity (Wildman–Crippen MR) is 52.2 cm³/mol. The summed E-state index contributed by atoms with van der Waals surface area (Å²) in [7, 11) is 0. The maximum Gasteiger partial charge on any atom is 0.390 e. The Balaban J connectivity index is 3.98. The van der Waals surface area contributed by atoms with Crippen molar-refractivity contribution >= 4 is 0 Å². The van der Waals surface area contributed by atoms with E-state index in [1.54, 1.807) is 0 Å². The lowest BCUT2D eigenvalue weighted by molar-refractivity contribution is -0.139. The predicted octanol–water partition coefficient (Wildman–Crippen LogP) is 3.31. The molecule has 0 aliphatic rings. The smallest absolute Gasteiger partial charge is 0.300 e. The Morgan fingerprint density at radius 1 is 1.07 bits per heavy atom. The Hall–Kier alpha value is -0.250. The first-order valence-corrected chi connectivity index (χ1v) is 5.03. The van der Waals surface area contributed by atoms with Crippen LogP contribution in [0.15, 0.2) is 0 Å². The van der Waals surface area contributed by atoms with Crippen LogP contribution in [0.4, 0.5) is 13.2 Å². The zero-order valence-corrected chi connectivity index (χ0v) is 9.36. The lowest BCUT2D eigenvalue weighted by atomic mass is 10.1. The van der Waals surface area contributed by atoms with E-state index in [1.807, 2.05) is 32.6 Å². The maximum atomic E-state index is 12.0. The molecule has 0 radical (unpaired) electrons. The largest absolute Gasteiger partial charge is 0.390 e. The highest BCUT2D eigenvalue weighted by atomic mass is 19.4. The van der Waals surface area contributed by atoms with E-state index in [1.165, 1.54) is 0 Å². The summed E-state index contributed by atoms with van der Waals surface area (Å²) in [5.41, 5.74) is 0. The first-order chi connectivity index (χ1) is 6.22. The second-order valence-electron chi connectivity index (χ2n) is 4.35. The number of hydrogen-bond acceptors (Lipinski definition) is 1. The van der Waals surface area contributed by atoms with Gasteiger partial charge in [0.05, 0.1) is 6.42 Å². The second-order valence-corrected chi connectivity index (χ2v) is 4.35. The Labute approximate surface area is 84.3 Å². The van der Waals surface area contributed by atoms with Crippen molar-refractivity contribution in [3.63, 3.8) is 0 Å². The number of rotatable bonds is 5. The van der Waals surface area contributed by atoms with Crippen LogP contribution in [0.3, 0.4) is 0 Å². The number of nitrogens with zero attached hydrogens (tertiary/aromatic N) is 1. The zero-order chi connectivity index (χ0) is 11.4. The molecule has 0 aromatic carbocycles. The summed E-state index contributed by atoms with van der Waals surface area (Å²) in [6.07, 6.45) is -4.75. The monoisotopic (exact) mass is 211 g/mol. The van der Waals surface area contributed by atoms with Crippen LogP contribution >= 0.6 is 0 Å². The molecule has 0 aromatic heterocycles. The quantitative estimate of drug-likeness (QED) is 0.674. The fourth-order valence-corrected chi connectivity index (χ4v) is 1.30. The third-order valence-corrected chi connectivity index (χ3v) is 2.01. The molecule has 0 bridgehead atoms. The summed E-state index contributed by atoms with van der Waals surface area (Å²) in [6, 6.07) is 0.180. The van der Waals surface area contributed by atoms with Gasteiger partial charge in [-0.3, -0.25) is 0 Å². The molecule has 1 nitrogen and oxygen atoms in total. The van der Waals surface area contributed by atoms with Gasteiger partial charge in [0.15, 0.2) is 0 Å². The molecule has 86 valence electrons. The van der Waals surface area contributed by atoms with Crippen molar-refractivity contribution in [1.29, 1.82) is 0 Å². The van der Waals surface area contributed by atoms with Gasteiger partial charge in [0.25, 0.3) is 0 Å². The Morgan fingerprint density at radius 3 is 1.86 bits per heavy atom. The van der Waals surface area contributed by atoms with E-state index >= 15 is 0 Å². The van der Waals surface area contributed by atoms with E-state index in [0.29, 0.717) is 5.92 Å². The van der Waals surface area contributed by atoms with Gasteiger partial charge in [-0.2, -0.15) is 13.2 Å². The van der Waals surface area contributed by atoms with Crippen molar-refractivity contribution in [3.8, 4) is 0 Å². The van der Waals surface area contributed by atoms with Gasteiger partial charge in [-0.05, 0) is 19.8 Å². The molecule has 0 aliphatic carbocycles.